The van der Waals surface area contributed by atoms with Gasteiger partial charge in [-0.1, -0.05) is 24.6 Å². The Balaban J connectivity index is 1.95. The zero-order valence-electron chi connectivity index (χ0n) is 12.1. The van der Waals surface area contributed by atoms with E-state index < -0.39 is 0 Å². The van der Waals surface area contributed by atoms with Gasteiger partial charge in [-0.2, -0.15) is 0 Å². The van der Waals surface area contributed by atoms with E-state index in [4.69, 9.17) is 17.3 Å². The van der Waals surface area contributed by atoms with Crippen LogP contribution in [0.4, 0.5) is 5.69 Å². The standard InChI is InChI=1S/C16H19ClN2OS/c1-2-8-19(9-10-6-7-10)16(20)15-14(18)13-11(17)4-3-5-12(13)21-15/h3-5,10H,2,6-9,18H2,1H3. The molecule has 21 heavy (non-hydrogen) atoms. The van der Waals surface area contributed by atoms with Gasteiger partial charge in [-0.05, 0) is 37.3 Å². The zero-order valence-corrected chi connectivity index (χ0v) is 13.6. The molecular formula is C16H19ClN2OS. The molecule has 1 aromatic heterocycles. The summed E-state index contributed by atoms with van der Waals surface area (Å²) in [6.07, 6.45) is 3.44. The van der Waals surface area contributed by atoms with E-state index in [0.29, 0.717) is 21.5 Å². The van der Waals surface area contributed by atoms with Crippen molar-refractivity contribution in [1.82, 2.24) is 4.90 Å². The molecule has 0 spiro atoms. The van der Waals surface area contributed by atoms with E-state index in [2.05, 4.69) is 6.92 Å². The summed E-state index contributed by atoms with van der Waals surface area (Å²) in [6.45, 7) is 3.74. The third kappa shape index (κ3) is 2.87. The van der Waals surface area contributed by atoms with Gasteiger partial charge in [0.2, 0.25) is 0 Å². The van der Waals surface area contributed by atoms with Gasteiger partial charge in [0.25, 0.3) is 5.91 Å². The van der Waals surface area contributed by atoms with Gasteiger partial charge in [-0.25, -0.2) is 0 Å². The van der Waals surface area contributed by atoms with Gasteiger partial charge in [-0.15, -0.1) is 11.3 Å². The lowest BCUT2D eigenvalue weighted by atomic mass is 10.2. The summed E-state index contributed by atoms with van der Waals surface area (Å²) in [5.74, 6) is 0.734. The zero-order chi connectivity index (χ0) is 15.0. The number of carbonyl (C=O) groups is 1. The molecule has 5 heteroatoms. The summed E-state index contributed by atoms with van der Waals surface area (Å²) in [5.41, 5.74) is 6.73. The van der Waals surface area contributed by atoms with Gasteiger partial charge >= 0.3 is 0 Å². The number of carbonyl (C=O) groups excluding carboxylic acids is 1. The topological polar surface area (TPSA) is 46.3 Å². The molecule has 0 bridgehead atoms. The molecule has 1 heterocycles. The molecule has 3 nitrogen and oxygen atoms in total. The first kappa shape index (κ1) is 14.7. The number of nitrogen functional groups attached to an aromatic ring is 1. The summed E-state index contributed by atoms with van der Waals surface area (Å²) >= 11 is 7.66. The minimum Gasteiger partial charge on any atom is -0.397 e. The second-order valence-electron chi connectivity index (χ2n) is 5.65. The van der Waals surface area contributed by atoms with E-state index in [1.165, 1.54) is 24.2 Å². The van der Waals surface area contributed by atoms with Crippen molar-refractivity contribution in [1.29, 1.82) is 0 Å². The molecule has 1 aliphatic rings. The second-order valence-corrected chi connectivity index (χ2v) is 7.11. The highest BCUT2D eigenvalue weighted by molar-refractivity contribution is 7.21. The third-order valence-electron chi connectivity index (χ3n) is 3.85. The van der Waals surface area contributed by atoms with Crippen molar-refractivity contribution in [3.05, 3.63) is 28.1 Å². The maximum absolute atomic E-state index is 12.8. The Hall–Kier alpha value is -1.26. The highest BCUT2D eigenvalue weighted by Gasteiger charge is 2.29. The highest BCUT2D eigenvalue weighted by Crippen LogP contribution is 2.39. The Labute approximate surface area is 133 Å². The van der Waals surface area contributed by atoms with E-state index in [1.54, 1.807) is 0 Å². The van der Waals surface area contributed by atoms with Crippen LogP contribution in [0.2, 0.25) is 5.02 Å². The van der Waals surface area contributed by atoms with Gasteiger partial charge in [0.05, 0.1) is 10.7 Å². The number of hydrogen-bond donors (Lipinski definition) is 1. The lowest BCUT2D eigenvalue weighted by molar-refractivity contribution is 0.0753. The maximum atomic E-state index is 12.8. The van der Waals surface area contributed by atoms with Crippen molar-refractivity contribution in [2.24, 2.45) is 5.92 Å². The van der Waals surface area contributed by atoms with Crippen molar-refractivity contribution in [3.63, 3.8) is 0 Å². The van der Waals surface area contributed by atoms with Crippen LogP contribution in [0.5, 0.6) is 0 Å². The molecule has 1 aliphatic carbocycles. The van der Waals surface area contributed by atoms with Crippen molar-refractivity contribution >= 4 is 44.6 Å². The monoisotopic (exact) mass is 322 g/mol. The van der Waals surface area contributed by atoms with Crippen molar-refractivity contribution < 1.29 is 4.79 Å². The van der Waals surface area contributed by atoms with Crippen LogP contribution in [0.25, 0.3) is 10.1 Å². The van der Waals surface area contributed by atoms with Gasteiger partial charge < -0.3 is 10.6 Å². The Morgan fingerprint density at radius 2 is 2.24 bits per heavy atom. The molecule has 0 radical (unpaired) electrons. The minimum atomic E-state index is 0.0542. The molecule has 0 saturated heterocycles. The fourth-order valence-electron chi connectivity index (χ4n) is 2.59. The third-order valence-corrected chi connectivity index (χ3v) is 5.33. The molecular weight excluding hydrogens is 304 g/mol. The number of hydrogen-bond acceptors (Lipinski definition) is 3. The fraction of sp³-hybridized carbons (Fsp3) is 0.438. The molecule has 2 N–H and O–H groups in total. The quantitative estimate of drug-likeness (QED) is 0.886. The number of amides is 1. The van der Waals surface area contributed by atoms with E-state index in [0.717, 1.165) is 29.6 Å². The van der Waals surface area contributed by atoms with Gasteiger partial charge in [0.1, 0.15) is 4.88 Å². The van der Waals surface area contributed by atoms with Crippen molar-refractivity contribution in [2.45, 2.75) is 26.2 Å². The van der Waals surface area contributed by atoms with Crippen molar-refractivity contribution in [2.75, 3.05) is 18.8 Å². The molecule has 0 aliphatic heterocycles. The van der Waals surface area contributed by atoms with Crippen LogP contribution in [-0.2, 0) is 0 Å². The molecule has 1 saturated carbocycles. The summed E-state index contributed by atoms with van der Waals surface area (Å²) in [7, 11) is 0. The first-order chi connectivity index (χ1) is 10.1. The summed E-state index contributed by atoms with van der Waals surface area (Å²) in [4.78, 5) is 15.4. The average molecular weight is 323 g/mol. The van der Waals surface area contributed by atoms with Gasteiger partial charge in [0, 0.05) is 23.2 Å². The number of benzene rings is 1. The highest BCUT2D eigenvalue weighted by atomic mass is 35.5. The number of thiophene rings is 1. The fourth-order valence-corrected chi connectivity index (χ4v) is 4.04. The lowest BCUT2D eigenvalue weighted by Gasteiger charge is -2.21. The van der Waals surface area contributed by atoms with Gasteiger partial charge in [-0.3, -0.25) is 4.79 Å². The molecule has 1 fully saturated rings. The SMILES string of the molecule is CCCN(CC1CC1)C(=O)c1sc2cccc(Cl)c2c1N. The first-order valence-electron chi connectivity index (χ1n) is 7.37. The normalized spacial score (nSPS) is 14.6. The van der Waals surface area contributed by atoms with Crippen molar-refractivity contribution in [3.8, 4) is 0 Å². The smallest absolute Gasteiger partial charge is 0.266 e. The van der Waals surface area contributed by atoms with E-state index in [-0.39, 0.29) is 5.91 Å². The predicted octanol–water partition coefficient (Wildman–Crippen LogP) is 4.40. The average Bonchev–Trinajstić information content (AvgIpc) is 3.21. The number of fused-ring (bicyclic) bond motifs is 1. The van der Waals surface area contributed by atoms with Crippen LogP contribution in [0.15, 0.2) is 18.2 Å². The number of rotatable bonds is 5. The van der Waals surface area contributed by atoms with E-state index >= 15 is 0 Å². The Bertz CT molecular complexity index is 678. The van der Waals surface area contributed by atoms with E-state index in [9.17, 15) is 4.79 Å². The van der Waals surface area contributed by atoms with Crippen LogP contribution < -0.4 is 5.73 Å². The first-order valence-corrected chi connectivity index (χ1v) is 8.57. The number of anilines is 1. The number of halogens is 1. The molecule has 112 valence electrons. The maximum Gasteiger partial charge on any atom is 0.266 e. The predicted molar refractivity (Wildman–Crippen MR) is 90.2 cm³/mol. The molecule has 0 unspecified atom stereocenters. The Morgan fingerprint density at radius 3 is 2.86 bits per heavy atom. The van der Waals surface area contributed by atoms with Crippen LogP contribution in [0.3, 0.4) is 0 Å². The Kier molecular flexibility index (Phi) is 4.09. The number of nitrogens with zero attached hydrogens (tertiary/aromatic N) is 1. The molecule has 1 aromatic carbocycles. The molecule has 3 rings (SSSR count). The minimum absolute atomic E-state index is 0.0542. The molecule has 1 amide bonds. The second kappa shape index (κ2) is 5.85. The van der Waals surface area contributed by atoms with Crippen LogP contribution >= 0.6 is 22.9 Å². The van der Waals surface area contributed by atoms with Crippen LogP contribution in [-0.4, -0.2) is 23.9 Å². The summed E-state index contributed by atoms with van der Waals surface area (Å²) in [6, 6.07) is 5.67. The van der Waals surface area contributed by atoms with E-state index in [1.807, 2.05) is 23.1 Å². The van der Waals surface area contributed by atoms with Crippen LogP contribution in [0.1, 0.15) is 35.9 Å². The Morgan fingerprint density at radius 1 is 1.48 bits per heavy atom. The summed E-state index contributed by atoms with van der Waals surface area (Å²) in [5, 5.41) is 1.43. The van der Waals surface area contributed by atoms with Crippen LogP contribution in [0, 0.1) is 5.92 Å². The largest absolute Gasteiger partial charge is 0.397 e. The van der Waals surface area contributed by atoms with Gasteiger partial charge in [0.15, 0.2) is 0 Å². The number of nitrogens with two attached hydrogens (primary N) is 1. The summed E-state index contributed by atoms with van der Waals surface area (Å²) < 4.78 is 0.978. The molecule has 2 aromatic rings. The molecule has 0 atom stereocenters. The lowest BCUT2D eigenvalue weighted by Crippen LogP contribution is -2.33.